The van der Waals surface area contributed by atoms with E-state index in [0.29, 0.717) is 17.0 Å². The molecular formula is C28H24N2O6. The van der Waals surface area contributed by atoms with E-state index in [9.17, 15) is 24.9 Å². The van der Waals surface area contributed by atoms with Gasteiger partial charge in [0.2, 0.25) is 11.8 Å². The highest BCUT2D eigenvalue weighted by molar-refractivity contribution is 6.00. The van der Waals surface area contributed by atoms with E-state index in [1.54, 1.807) is 84.9 Å². The summed E-state index contributed by atoms with van der Waals surface area (Å²) in [4.78, 5) is 28.0. The molecule has 3 aromatic carbocycles. The predicted octanol–water partition coefficient (Wildman–Crippen LogP) is 4.44. The second-order valence-electron chi connectivity index (χ2n) is 8.70. The summed E-state index contributed by atoms with van der Waals surface area (Å²) in [5.74, 6) is -2.11. The molecule has 3 N–H and O–H groups in total. The lowest BCUT2D eigenvalue weighted by Crippen LogP contribution is -2.50. The van der Waals surface area contributed by atoms with Crippen molar-refractivity contribution in [1.82, 2.24) is 9.47 Å². The van der Waals surface area contributed by atoms with Gasteiger partial charge < -0.3 is 25.0 Å². The van der Waals surface area contributed by atoms with Crippen molar-refractivity contribution in [3.05, 3.63) is 107 Å². The van der Waals surface area contributed by atoms with Gasteiger partial charge in [0.05, 0.1) is 30.0 Å². The van der Waals surface area contributed by atoms with Crippen molar-refractivity contribution in [3.63, 3.8) is 0 Å². The SMILES string of the molecule is COc1ccc([C@H]2c3c(c(O)n(-c4ccccc4)c3O)[C@@](C)(C(=O)O)N2C(=O)c2ccccc2)cc1. The van der Waals surface area contributed by atoms with E-state index < -0.39 is 29.3 Å². The van der Waals surface area contributed by atoms with Crippen LogP contribution in [0.15, 0.2) is 84.9 Å². The lowest BCUT2D eigenvalue weighted by atomic mass is 9.93. The first-order valence-corrected chi connectivity index (χ1v) is 11.3. The summed E-state index contributed by atoms with van der Waals surface area (Å²) >= 11 is 0. The molecule has 1 aromatic heterocycles. The molecule has 0 unspecified atom stereocenters. The van der Waals surface area contributed by atoms with Gasteiger partial charge >= 0.3 is 5.97 Å². The van der Waals surface area contributed by atoms with Crippen molar-refractivity contribution in [2.75, 3.05) is 7.11 Å². The van der Waals surface area contributed by atoms with Crippen LogP contribution in [0.25, 0.3) is 5.69 Å². The molecule has 36 heavy (non-hydrogen) atoms. The molecule has 4 aromatic rings. The molecule has 2 atom stereocenters. The summed E-state index contributed by atoms with van der Waals surface area (Å²) in [5, 5.41) is 33.3. The van der Waals surface area contributed by atoms with Gasteiger partial charge in [0.25, 0.3) is 5.91 Å². The first-order chi connectivity index (χ1) is 17.3. The van der Waals surface area contributed by atoms with E-state index in [0.717, 1.165) is 0 Å². The van der Waals surface area contributed by atoms with Crippen LogP contribution in [0.2, 0.25) is 0 Å². The van der Waals surface area contributed by atoms with Gasteiger partial charge in [0.15, 0.2) is 5.54 Å². The molecule has 0 aliphatic carbocycles. The summed E-state index contributed by atoms with van der Waals surface area (Å²) in [7, 11) is 1.53. The van der Waals surface area contributed by atoms with Gasteiger partial charge in [0.1, 0.15) is 5.75 Å². The normalized spacial score (nSPS) is 18.6. The minimum atomic E-state index is -1.99. The summed E-state index contributed by atoms with van der Waals surface area (Å²) in [6.07, 6.45) is 0. The highest BCUT2D eigenvalue weighted by Crippen LogP contribution is 2.58. The Labute approximate surface area is 207 Å². The zero-order valence-corrected chi connectivity index (χ0v) is 19.6. The average molecular weight is 485 g/mol. The maximum Gasteiger partial charge on any atom is 0.334 e. The maximum absolute atomic E-state index is 13.9. The van der Waals surface area contributed by atoms with Crippen LogP contribution in [0.1, 0.15) is 40.0 Å². The third-order valence-electron chi connectivity index (χ3n) is 6.76. The Bertz CT molecular complexity index is 1450. The fourth-order valence-corrected chi connectivity index (χ4v) is 4.99. The molecule has 8 nitrogen and oxygen atoms in total. The van der Waals surface area contributed by atoms with E-state index in [1.807, 2.05) is 0 Å². The quantitative estimate of drug-likeness (QED) is 0.386. The van der Waals surface area contributed by atoms with Crippen molar-refractivity contribution in [1.29, 1.82) is 0 Å². The topological polar surface area (TPSA) is 112 Å². The van der Waals surface area contributed by atoms with Crippen LogP contribution in [-0.2, 0) is 10.3 Å². The molecule has 0 radical (unpaired) electrons. The van der Waals surface area contributed by atoms with Crippen molar-refractivity contribution < 1.29 is 29.6 Å². The highest BCUT2D eigenvalue weighted by atomic mass is 16.5. The van der Waals surface area contributed by atoms with Gasteiger partial charge in [-0.05, 0) is 48.9 Å². The van der Waals surface area contributed by atoms with Crippen LogP contribution >= 0.6 is 0 Å². The van der Waals surface area contributed by atoms with E-state index in [2.05, 4.69) is 0 Å². The Morgan fingerprint density at radius 3 is 2.00 bits per heavy atom. The van der Waals surface area contributed by atoms with Crippen LogP contribution in [-0.4, -0.2) is 43.8 Å². The Kier molecular flexibility index (Phi) is 5.44. The average Bonchev–Trinajstić information content (AvgIpc) is 3.34. The minimum absolute atomic E-state index is 0.0403. The number of carbonyl (C=O) groups excluding carboxylic acids is 1. The first-order valence-electron chi connectivity index (χ1n) is 11.3. The Morgan fingerprint density at radius 2 is 1.44 bits per heavy atom. The molecule has 0 fully saturated rings. The number of aromatic nitrogens is 1. The monoisotopic (exact) mass is 484 g/mol. The van der Waals surface area contributed by atoms with Crippen LogP contribution in [0.4, 0.5) is 0 Å². The number of para-hydroxylation sites is 1. The third kappa shape index (κ3) is 3.22. The molecule has 1 aliphatic rings. The van der Waals surface area contributed by atoms with Crippen LogP contribution in [0, 0.1) is 0 Å². The van der Waals surface area contributed by atoms with Gasteiger partial charge in [-0.15, -0.1) is 0 Å². The number of carboxylic acids is 1. The Hall–Kier alpha value is -4.72. The second-order valence-corrected chi connectivity index (χ2v) is 8.70. The molecule has 0 saturated carbocycles. The fourth-order valence-electron chi connectivity index (χ4n) is 4.99. The molecule has 182 valence electrons. The zero-order valence-electron chi connectivity index (χ0n) is 19.6. The number of hydrogen-bond acceptors (Lipinski definition) is 5. The van der Waals surface area contributed by atoms with Crippen LogP contribution < -0.4 is 4.74 Å². The van der Waals surface area contributed by atoms with Gasteiger partial charge in [-0.3, -0.25) is 9.36 Å². The minimum Gasteiger partial charge on any atom is -0.497 e. The van der Waals surface area contributed by atoms with Crippen molar-refractivity contribution >= 4 is 11.9 Å². The van der Waals surface area contributed by atoms with Crippen LogP contribution in [0.3, 0.4) is 0 Å². The van der Waals surface area contributed by atoms with E-state index in [1.165, 1.54) is 23.5 Å². The van der Waals surface area contributed by atoms with Gasteiger partial charge in [0, 0.05) is 5.56 Å². The first kappa shape index (κ1) is 23.0. The standard InChI is InChI=1S/C28H24N2O6/c1-28(27(34)35)22-21(25(32)29(26(22)33)19-11-7-4-8-12-19)23(17-13-15-20(36-2)16-14-17)30(28)24(31)18-9-5-3-6-10-18/h3-16,23,32-33H,1-2H3,(H,34,35)/t23-,28-/m0/s1. The highest BCUT2D eigenvalue weighted by Gasteiger charge is 2.59. The number of methoxy groups -OCH3 is 1. The van der Waals surface area contributed by atoms with Crippen LogP contribution in [0.5, 0.6) is 17.5 Å². The molecule has 0 bridgehead atoms. The summed E-state index contributed by atoms with van der Waals surface area (Å²) in [5.41, 5.74) is -0.606. The van der Waals surface area contributed by atoms with Crippen molar-refractivity contribution in [2.45, 2.75) is 18.5 Å². The number of carbonyl (C=O) groups is 2. The third-order valence-corrected chi connectivity index (χ3v) is 6.76. The van der Waals surface area contributed by atoms with Gasteiger partial charge in [-0.25, -0.2) is 4.79 Å². The van der Waals surface area contributed by atoms with Crippen molar-refractivity contribution in [3.8, 4) is 23.2 Å². The number of aliphatic carboxylic acids is 1. The molecule has 1 aliphatic heterocycles. The molecule has 5 rings (SSSR count). The number of hydrogen-bond donors (Lipinski definition) is 3. The molecule has 1 amide bonds. The Morgan fingerprint density at radius 1 is 0.861 bits per heavy atom. The molecule has 2 heterocycles. The number of fused-ring (bicyclic) bond motifs is 1. The number of aromatic hydroxyl groups is 2. The smallest absolute Gasteiger partial charge is 0.334 e. The molecule has 8 heteroatoms. The number of ether oxygens (including phenoxy) is 1. The zero-order chi connectivity index (χ0) is 25.6. The largest absolute Gasteiger partial charge is 0.497 e. The predicted molar refractivity (Wildman–Crippen MR) is 132 cm³/mol. The van der Waals surface area contributed by atoms with E-state index >= 15 is 0 Å². The molecule has 0 spiro atoms. The maximum atomic E-state index is 13.9. The number of benzene rings is 3. The Balaban J connectivity index is 1.82. The molecular weight excluding hydrogens is 460 g/mol. The fraction of sp³-hybridized carbons (Fsp3) is 0.143. The van der Waals surface area contributed by atoms with E-state index in [4.69, 9.17) is 4.74 Å². The number of rotatable bonds is 5. The van der Waals surface area contributed by atoms with Gasteiger partial charge in [-0.2, -0.15) is 0 Å². The molecule has 0 saturated heterocycles. The summed E-state index contributed by atoms with van der Waals surface area (Å²) in [6, 6.07) is 22.8. The number of carboxylic acid groups (broad SMARTS) is 1. The number of nitrogens with zero attached hydrogens (tertiary/aromatic N) is 2. The summed E-state index contributed by atoms with van der Waals surface area (Å²) < 4.78 is 6.46. The van der Waals surface area contributed by atoms with E-state index in [-0.39, 0.29) is 22.6 Å². The second kappa shape index (κ2) is 8.49. The van der Waals surface area contributed by atoms with Gasteiger partial charge in [-0.1, -0.05) is 48.5 Å². The number of amides is 1. The summed E-state index contributed by atoms with van der Waals surface area (Å²) in [6.45, 7) is 1.37. The lowest BCUT2D eigenvalue weighted by molar-refractivity contribution is -0.149. The lowest BCUT2D eigenvalue weighted by Gasteiger charge is -2.37. The van der Waals surface area contributed by atoms with Crippen molar-refractivity contribution in [2.24, 2.45) is 0 Å².